The molecule has 1 aliphatic rings. The lowest BCUT2D eigenvalue weighted by molar-refractivity contribution is -0.121. The minimum absolute atomic E-state index is 0.144. The number of hydrogen-bond acceptors (Lipinski definition) is 7. The molecule has 0 aromatic heterocycles. The van der Waals surface area contributed by atoms with Crippen LogP contribution in [0, 0.1) is 0 Å². The highest BCUT2D eigenvalue weighted by Crippen LogP contribution is 2.35. The second-order valence-electron chi connectivity index (χ2n) is 8.05. The van der Waals surface area contributed by atoms with Crippen LogP contribution in [0.3, 0.4) is 0 Å². The average Bonchev–Trinajstić information content (AvgIpc) is 3.17. The predicted molar refractivity (Wildman–Crippen MR) is 146 cm³/mol. The number of esters is 1. The minimum Gasteiger partial charge on any atom is -0.490 e. The third kappa shape index (κ3) is 6.59. The topological polar surface area (TPSA) is 77.4 Å². The molecule has 0 saturated carbocycles. The third-order valence-corrected chi connectivity index (χ3v) is 6.47. The van der Waals surface area contributed by atoms with Gasteiger partial charge in [-0.25, -0.2) is 9.79 Å². The molecule has 190 valence electrons. The van der Waals surface area contributed by atoms with E-state index in [0.29, 0.717) is 52.6 Å². The van der Waals surface area contributed by atoms with Crippen LogP contribution in [0.2, 0.25) is 0 Å². The van der Waals surface area contributed by atoms with Crippen LogP contribution in [-0.4, -0.2) is 42.2 Å². The standard InChI is InChI=1S/C29H28N2O5S/c1-4-34-25-17-21(11-16-24(25)36-19-20-9-7-6-8-10-20)18-26-27(32)31(3)29(37-26)30-23-14-12-22(13-15-23)28(33)35-5-2/h6-18H,4-5,19H2,1-3H3/b26-18-,30-29?. The van der Waals surface area contributed by atoms with Gasteiger partial charge in [0.2, 0.25) is 0 Å². The highest BCUT2D eigenvalue weighted by atomic mass is 32.2. The Kier molecular flexibility index (Phi) is 8.64. The van der Waals surface area contributed by atoms with Gasteiger partial charge in [-0.2, -0.15) is 0 Å². The molecule has 0 spiro atoms. The van der Waals surface area contributed by atoms with Crippen molar-refractivity contribution < 1.29 is 23.8 Å². The third-order valence-electron chi connectivity index (χ3n) is 5.41. The average molecular weight is 517 g/mol. The van der Waals surface area contributed by atoms with E-state index in [2.05, 4.69) is 4.99 Å². The van der Waals surface area contributed by atoms with Gasteiger partial charge in [0.1, 0.15) is 6.61 Å². The van der Waals surface area contributed by atoms with Crippen LogP contribution in [0.4, 0.5) is 5.69 Å². The molecule has 0 atom stereocenters. The van der Waals surface area contributed by atoms with E-state index in [1.54, 1.807) is 38.2 Å². The molecule has 7 nitrogen and oxygen atoms in total. The van der Waals surface area contributed by atoms with E-state index in [1.165, 1.54) is 16.7 Å². The summed E-state index contributed by atoms with van der Waals surface area (Å²) in [6.45, 7) is 4.92. The number of amides is 1. The first kappa shape index (κ1) is 26.0. The van der Waals surface area contributed by atoms with Gasteiger partial charge in [0.05, 0.1) is 29.4 Å². The molecule has 1 saturated heterocycles. The van der Waals surface area contributed by atoms with Crippen molar-refractivity contribution in [2.45, 2.75) is 20.5 Å². The van der Waals surface area contributed by atoms with Gasteiger partial charge in [-0.1, -0.05) is 36.4 Å². The summed E-state index contributed by atoms with van der Waals surface area (Å²) in [5, 5.41) is 0.549. The Balaban J connectivity index is 1.50. The molecule has 1 aliphatic heterocycles. The second kappa shape index (κ2) is 12.3. The molecule has 1 amide bonds. The van der Waals surface area contributed by atoms with Crippen molar-refractivity contribution in [2.75, 3.05) is 20.3 Å². The number of aliphatic imine (C=N–C) groups is 1. The van der Waals surface area contributed by atoms with Gasteiger partial charge in [-0.3, -0.25) is 9.69 Å². The largest absolute Gasteiger partial charge is 0.490 e. The SMILES string of the molecule is CCOC(=O)c1ccc(N=C2S/C(=C\c3ccc(OCc4ccccc4)c(OCC)c3)C(=O)N2C)cc1. The van der Waals surface area contributed by atoms with Crippen molar-refractivity contribution in [1.82, 2.24) is 4.90 Å². The van der Waals surface area contributed by atoms with Gasteiger partial charge in [0, 0.05) is 7.05 Å². The fourth-order valence-corrected chi connectivity index (χ4v) is 4.52. The molecule has 0 aliphatic carbocycles. The van der Waals surface area contributed by atoms with E-state index in [0.717, 1.165) is 11.1 Å². The van der Waals surface area contributed by atoms with Crippen LogP contribution < -0.4 is 9.47 Å². The minimum atomic E-state index is -0.377. The van der Waals surface area contributed by atoms with E-state index in [9.17, 15) is 9.59 Å². The molecule has 0 unspecified atom stereocenters. The number of hydrogen-bond donors (Lipinski definition) is 0. The Labute approximate surface area is 220 Å². The Morgan fingerprint density at radius 2 is 1.70 bits per heavy atom. The summed E-state index contributed by atoms with van der Waals surface area (Å²) in [6, 6.07) is 22.3. The van der Waals surface area contributed by atoms with Crippen molar-refractivity contribution in [1.29, 1.82) is 0 Å². The summed E-state index contributed by atoms with van der Waals surface area (Å²) in [5.41, 5.74) is 2.97. The van der Waals surface area contributed by atoms with Crippen LogP contribution >= 0.6 is 11.8 Å². The van der Waals surface area contributed by atoms with Crippen molar-refractivity contribution in [2.24, 2.45) is 4.99 Å². The highest BCUT2D eigenvalue weighted by Gasteiger charge is 2.30. The van der Waals surface area contributed by atoms with Crippen molar-refractivity contribution >= 4 is 40.6 Å². The fourth-order valence-electron chi connectivity index (χ4n) is 3.54. The molecule has 4 rings (SSSR count). The number of likely N-dealkylation sites (N-methyl/N-ethyl adjacent to an activating group) is 1. The summed E-state index contributed by atoms with van der Waals surface area (Å²) in [7, 11) is 1.69. The molecule has 3 aromatic carbocycles. The normalized spacial score (nSPS) is 15.3. The molecule has 1 heterocycles. The van der Waals surface area contributed by atoms with Crippen LogP contribution in [0.25, 0.3) is 6.08 Å². The predicted octanol–water partition coefficient (Wildman–Crippen LogP) is 6.07. The first-order valence-electron chi connectivity index (χ1n) is 12.0. The number of nitrogens with zero attached hydrogens (tertiary/aromatic N) is 2. The lowest BCUT2D eigenvalue weighted by atomic mass is 10.1. The van der Waals surface area contributed by atoms with Gasteiger partial charge in [0.25, 0.3) is 5.91 Å². The quantitative estimate of drug-likeness (QED) is 0.254. The van der Waals surface area contributed by atoms with Crippen LogP contribution in [0.15, 0.2) is 82.7 Å². The van der Waals surface area contributed by atoms with Crippen molar-refractivity contribution in [3.8, 4) is 11.5 Å². The number of benzene rings is 3. The summed E-state index contributed by atoms with van der Waals surface area (Å²) >= 11 is 1.29. The monoisotopic (exact) mass is 516 g/mol. The summed E-state index contributed by atoms with van der Waals surface area (Å²) in [6.07, 6.45) is 1.82. The Morgan fingerprint density at radius 3 is 2.41 bits per heavy atom. The summed E-state index contributed by atoms with van der Waals surface area (Å²) < 4.78 is 16.8. The summed E-state index contributed by atoms with van der Waals surface area (Å²) in [4.78, 5) is 31.4. The lowest BCUT2D eigenvalue weighted by Crippen LogP contribution is -2.23. The van der Waals surface area contributed by atoms with Crippen LogP contribution in [0.5, 0.6) is 11.5 Å². The van der Waals surface area contributed by atoms with Gasteiger partial charge in [-0.05, 0) is 79.2 Å². The zero-order chi connectivity index (χ0) is 26.2. The van der Waals surface area contributed by atoms with Gasteiger partial charge in [0.15, 0.2) is 16.7 Å². The van der Waals surface area contributed by atoms with E-state index in [-0.39, 0.29) is 11.9 Å². The zero-order valence-electron chi connectivity index (χ0n) is 21.0. The number of rotatable bonds is 9. The summed E-state index contributed by atoms with van der Waals surface area (Å²) in [5.74, 6) is 0.739. The number of amidine groups is 1. The molecule has 1 fully saturated rings. The first-order valence-corrected chi connectivity index (χ1v) is 12.8. The van der Waals surface area contributed by atoms with Crippen molar-refractivity contribution in [3.63, 3.8) is 0 Å². The maximum absolute atomic E-state index is 12.9. The smallest absolute Gasteiger partial charge is 0.338 e. The maximum atomic E-state index is 12.9. The molecule has 0 radical (unpaired) electrons. The Morgan fingerprint density at radius 1 is 0.946 bits per heavy atom. The number of thioether (sulfide) groups is 1. The molecular weight excluding hydrogens is 488 g/mol. The van der Waals surface area contributed by atoms with Gasteiger partial charge >= 0.3 is 5.97 Å². The van der Waals surface area contributed by atoms with Crippen LogP contribution in [-0.2, 0) is 16.1 Å². The van der Waals surface area contributed by atoms with Gasteiger partial charge in [-0.15, -0.1) is 0 Å². The fraction of sp³-hybridized carbons (Fsp3) is 0.207. The Hall–Kier alpha value is -4.04. The molecular formula is C29H28N2O5S. The Bertz CT molecular complexity index is 1320. The number of carbonyl (C=O) groups is 2. The highest BCUT2D eigenvalue weighted by molar-refractivity contribution is 8.18. The molecule has 8 heteroatoms. The lowest BCUT2D eigenvalue weighted by Gasteiger charge is -2.13. The molecule has 37 heavy (non-hydrogen) atoms. The van der Waals surface area contributed by atoms with E-state index in [4.69, 9.17) is 14.2 Å². The zero-order valence-corrected chi connectivity index (χ0v) is 21.8. The van der Waals surface area contributed by atoms with Gasteiger partial charge < -0.3 is 14.2 Å². The first-order chi connectivity index (χ1) is 18.0. The number of ether oxygens (including phenoxy) is 3. The molecule has 0 N–H and O–H groups in total. The number of carbonyl (C=O) groups excluding carboxylic acids is 2. The van der Waals surface area contributed by atoms with E-state index < -0.39 is 0 Å². The molecule has 3 aromatic rings. The molecule has 0 bridgehead atoms. The van der Waals surface area contributed by atoms with Crippen molar-refractivity contribution in [3.05, 3.63) is 94.4 Å². The van der Waals surface area contributed by atoms with E-state index >= 15 is 0 Å². The second-order valence-corrected chi connectivity index (χ2v) is 9.06. The van der Waals surface area contributed by atoms with Crippen LogP contribution in [0.1, 0.15) is 35.3 Å². The van der Waals surface area contributed by atoms with E-state index in [1.807, 2.05) is 61.5 Å². The maximum Gasteiger partial charge on any atom is 0.338 e.